The number of carbonyl (C=O) groups excluding carboxylic acids is 2. The molecule has 1 aliphatic rings. The van der Waals surface area contributed by atoms with Crippen molar-refractivity contribution in [1.82, 2.24) is 0 Å². The Kier molecular flexibility index (Phi) is 7.72. The zero-order valence-corrected chi connectivity index (χ0v) is 14.2. The maximum atomic E-state index is 11.3. The van der Waals surface area contributed by atoms with Crippen LogP contribution in [-0.2, 0) is 19.1 Å². The molecule has 1 heterocycles. The summed E-state index contributed by atoms with van der Waals surface area (Å²) in [5, 5.41) is 0. The van der Waals surface area contributed by atoms with E-state index in [1.807, 2.05) is 0 Å². The van der Waals surface area contributed by atoms with Crippen molar-refractivity contribution in [2.24, 2.45) is 0 Å². The van der Waals surface area contributed by atoms with Crippen LogP contribution in [0.5, 0.6) is 0 Å². The molecule has 0 aromatic heterocycles. The van der Waals surface area contributed by atoms with E-state index < -0.39 is 18.4 Å². The zero-order valence-electron chi connectivity index (χ0n) is 9.27. The monoisotopic (exact) mass is 372 g/mol. The van der Waals surface area contributed by atoms with Gasteiger partial charge in [-0.2, -0.15) is 0 Å². The first-order chi connectivity index (χ1) is 7.68. The Hall–Kier alpha value is 0.439. The first-order valence-electron chi connectivity index (χ1n) is 5.19. The van der Waals surface area contributed by atoms with E-state index in [1.165, 1.54) is 4.44 Å². The molecule has 92 valence electrons. The Morgan fingerprint density at radius 2 is 1.75 bits per heavy atom. The number of ether oxygens (including phenoxy) is 2. The van der Waals surface area contributed by atoms with E-state index in [-0.39, 0.29) is 25.2 Å². The van der Waals surface area contributed by atoms with Gasteiger partial charge in [-0.05, 0) is 0 Å². The van der Waals surface area contributed by atoms with Crippen molar-refractivity contribution in [1.29, 1.82) is 0 Å². The number of rotatable bonds is 0. The minimum atomic E-state index is -1.55. The first kappa shape index (κ1) is 14.5. The molecule has 1 saturated heterocycles. The minimum absolute atomic E-state index is 0.175. The van der Waals surface area contributed by atoms with Crippen molar-refractivity contribution < 1.29 is 19.1 Å². The fourth-order valence-corrected chi connectivity index (χ4v) is 13.9. The van der Waals surface area contributed by atoms with Crippen molar-refractivity contribution in [2.45, 2.75) is 9.38 Å². The topological polar surface area (TPSA) is 52.6 Å². The van der Waals surface area contributed by atoms with E-state index in [0.717, 1.165) is 5.75 Å². The second kappa shape index (κ2) is 8.52. The number of cyclic esters (lactones) is 2. The average Bonchev–Trinajstić information content (AvgIpc) is 2.27. The van der Waals surface area contributed by atoms with Crippen LogP contribution in [0.25, 0.3) is 0 Å². The Bertz CT molecular complexity index is 250. The molecule has 0 N–H and O–H groups in total. The molecule has 16 heavy (non-hydrogen) atoms. The van der Waals surface area contributed by atoms with Gasteiger partial charge in [0.2, 0.25) is 0 Å². The molecule has 1 unspecified atom stereocenters. The van der Waals surface area contributed by atoms with Crippen LogP contribution < -0.4 is 0 Å². The van der Waals surface area contributed by atoms with Gasteiger partial charge in [0.1, 0.15) is 0 Å². The summed E-state index contributed by atoms with van der Waals surface area (Å²) in [5.74, 6) is 1.49. The predicted molar refractivity (Wildman–Crippen MR) is 69.5 cm³/mol. The fraction of sp³-hybridized carbons (Fsp3) is 0.778. The number of hydrogen-bond donors (Lipinski definition) is 0. The molecule has 0 saturated carbocycles. The third-order valence-electron chi connectivity index (χ3n) is 1.98. The Morgan fingerprint density at radius 3 is 2.44 bits per heavy atom. The van der Waals surface area contributed by atoms with E-state index in [1.54, 1.807) is 20.7 Å². The van der Waals surface area contributed by atoms with Crippen LogP contribution in [0.4, 0.5) is 0 Å². The molecule has 0 aromatic rings. The van der Waals surface area contributed by atoms with E-state index in [2.05, 4.69) is 4.94 Å². The van der Waals surface area contributed by atoms with Crippen LogP contribution in [0, 0.1) is 0 Å². The van der Waals surface area contributed by atoms with Gasteiger partial charge in [0, 0.05) is 0 Å². The van der Waals surface area contributed by atoms with Crippen molar-refractivity contribution in [3.05, 3.63) is 0 Å². The van der Waals surface area contributed by atoms with Gasteiger partial charge in [-0.15, -0.1) is 0 Å². The summed E-state index contributed by atoms with van der Waals surface area (Å²) in [7, 11) is 1.80. The molecule has 1 rings (SSSR count). The van der Waals surface area contributed by atoms with Gasteiger partial charge in [-0.3, -0.25) is 0 Å². The van der Waals surface area contributed by atoms with E-state index in [9.17, 15) is 9.59 Å². The Balaban J connectivity index is 2.36. The van der Waals surface area contributed by atoms with Crippen LogP contribution in [0.15, 0.2) is 0 Å². The molecule has 1 aliphatic heterocycles. The van der Waals surface area contributed by atoms with Gasteiger partial charge in [0.15, 0.2) is 0 Å². The van der Waals surface area contributed by atoms with Crippen LogP contribution in [0.1, 0.15) is 0 Å². The summed E-state index contributed by atoms with van der Waals surface area (Å²) in [6.07, 6.45) is 0. The quantitative estimate of drug-likeness (QED) is 0.466. The molecule has 0 bridgehead atoms. The normalized spacial score (nSPS) is 25.7. The van der Waals surface area contributed by atoms with E-state index >= 15 is 0 Å². The fourth-order valence-electron chi connectivity index (χ4n) is 1.09. The van der Waals surface area contributed by atoms with Crippen LogP contribution >= 0.6 is 20.7 Å². The molecule has 1 fully saturated rings. The number of thioether (sulfide) groups is 1. The third-order valence-corrected chi connectivity index (χ3v) is 16.1. The van der Waals surface area contributed by atoms with E-state index in [4.69, 9.17) is 9.47 Å². The predicted octanol–water partition coefficient (Wildman–Crippen LogP) is 0.906. The summed E-state index contributed by atoms with van der Waals surface area (Å²) in [6, 6.07) is 0. The van der Waals surface area contributed by atoms with Gasteiger partial charge >= 0.3 is 110 Å². The van der Waals surface area contributed by atoms with Crippen molar-refractivity contribution in [3.63, 3.8) is 0 Å². The summed E-state index contributed by atoms with van der Waals surface area (Å²) in [4.78, 5) is 24.7. The maximum absolute atomic E-state index is 11.3. The SMILES string of the molecule is [CH3][SnH]1[CH2]CSCC(=O)OCCOC(=O)C[S]1. The van der Waals surface area contributed by atoms with Gasteiger partial charge in [-0.1, -0.05) is 0 Å². The molecule has 0 aromatic carbocycles. The van der Waals surface area contributed by atoms with Gasteiger partial charge in [-0.25, -0.2) is 0 Å². The molecule has 1 atom stereocenters. The molecule has 4 nitrogen and oxygen atoms in total. The summed E-state index contributed by atoms with van der Waals surface area (Å²) < 4.78 is 11.0. The standard InChI is InChI=1S/C8H13O4S2.CH3.Sn.H/c1-2-14-6-8(10)12-4-3-11-7(9)5-13;;;/h13H,1-6H2;1H3;;/q;;+1;/p-1. The number of hydrogen-bond acceptors (Lipinski definition) is 6. The molecule has 0 aliphatic carbocycles. The second-order valence-electron chi connectivity index (χ2n) is 3.40. The summed E-state index contributed by atoms with van der Waals surface area (Å²) in [5.41, 5.74) is 0. The molecule has 7 heteroatoms. The van der Waals surface area contributed by atoms with Gasteiger partial charge < -0.3 is 0 Å². The first-order valence-corrected chi connectivity index (χ1v) is 17.1. The summed E-state index contributed by atoms with van der Waals surface area (Å²) >= 11 is 0.0792. The van der Waals surface area contributed by atoms with Crippen molar-refractivity contribution >= 4 is 51.0 Å². The molecular formula is C9H16O4S2Sn. The average molecular weight is 371 g/mol. The van der Waals surface area contributed by atoms with Crippen LogP contribution in [0.2, 0.25) is 9.38 Å². The van der Waals surface area contributed by atoms with Crippen LogP contribution in [0.3, 0.4) is 0 Å². The van der Waals surface area contributed by atoms with Gasteiger partial charge in [0.25, 0.3) is 0 Å². The Labute approximate surface area is 109 Å². The molecule has 0 amide bonds. The zero-order chi connectivity index (χ0) is 11.8. The number of esters is 2. The Morgan fingerprint density at radius 1 is 1.12 bits per heavy atom. The summed E-state index contributed by atoms with van der Waals surface area (Å²) in [6.45, 7) is 0.355. The van der Waals surface area contributed by atoms with Gasteiger partial charge in [0.05, 0.1) is 0 Å². The van der Waals surface area contributed by atoms with E-state index in [0.29, 0.717) is 11.5 Å². The molecule has 0 spiro atoms. The van der Waals surface area contributed by atoms with Crippen LogP contribution in [-0.4, -0.2) is 60.8 Å². The third kappa shape index (κ3) is 6.90. The molecular weight excluding hydrogens is 355 g/mol. The van der Waals surface area contributed by atoms with Crippen molar-refractivity contribution in [3.8, 4) is 0 Å². The molecule has 0 radical (unpaired) electrons. The second-order valence-corrected chi connectivity index (χ2v) is 19.7. The van der Waals surface area contributed by atoms with Crippen molar-refractivity contribution in [2.75, 3.05) is 30.5 Å². The number of carbonyl (C=O) groups is 2.